The van der Waals surface area contributed by atoms with Crippen molar-refractivity contribution in [3.8, 4) is 0 Å². The van der Waals surface area contributed by atoms with Gasteiger partial charge in [-0.25, -0.2) is 13.2 Å². The number of β-amino-alcohol motifs (C(OH)–C–C–N with tert-alkyl or cyclic N) is 1. The van der Waals surface area contributed by atoms with Crippen LogP contribution in [-0.2, 0) is 6.54 Å². The first-order valence-corrected chi connectivity index (χ1v) is 5.10. The lowest BCUT2D eigenvalue weighted by atomic mass is 10.2. The van der Waals surface area contributed by atoms with E-state index >= 15 is 0 Å². The van der Waals surface area contributed by atoms with Crippen LogP contribution in [0.25, 0.3) is 0 Å². The average Bonchev–Trinajstić information content (AvgIpc) is 2.60. The van der Waals surface area contributed by atoms with Crippen LogP contribution in [0.15, 0.2) is 12.1 Å². The van der Waals surface area contributed by atoms with Crippen molar-refractivity contribution in [3.63, 3.8) is 0 Å². The van der Waals surface area contributed by atoms with Gasteiger partial charge in [0.25, 0.3) is 0 Å². The second kappa shape index (κ2) is 4.43. The summed E-state index contributed by atoms with van der Waals surface area (Å²) >= 11 is 0. The Bertz CT molecular complexity index is 397. The summed E-state index contributed by atoms with van der Waals surface area (Å²) in [6.45, 7) is 1.28. The third-order valence-corrected chi connectivity index (χ3v) is 2.73. The molecule has 1 N–H and O–H groups in total. The summed E-state index contributed by atoms with van der Waals surface area (Å²) < 4.78 is 38.9. The number of halogens is 3. The molecule has 1 fully saturated rings. The molecule has 2 rings (SSSR count). The van der Waals surface area contributed by atoms with E-state index < -0.39 is 23.6 Å². The van der Waals surface area contributed by atoms with E-state index in [0.717, 1.165) is 6.07 Å². The third kappa shape index (κ3) is 2.36. The SMILES string of the molecule is O[C@@H]1CCN(Cc2cc(F)c(F)cc2F)C1. The van der Waals surface area contributed by atoms with Gasteiger partial charge in [0.05, 0.1) is 6.10 Å². The Balaban J connectivity index is 2.12. The third-order valence-electron chi connectivity index (χ3n) is 2.73. The van der Waals surface area contributed by atoms with Crippen LogP contribution in [0, 0.1) is 17.5 Å². The minimum absolute atomic E-state index is 0.119. The predicted molar refractivity (Wildman–Crippen MR) is 52.2 cm³/mol. The van der Waals surface area contributed by atoms with Crippen LogP contribution >= 0.6 is 0 Å². The van der Waals surface area contributed by atoms with Gasteiger partial charge in [-0.15, -0.1) is 0 Å². The van der Waals surface area contributed by atoms with Crippen LogP contribution in [0.1, 0.15) is 12.0 Å². The van der Waals surface area contributed by atoms with E-state index in [-0.39, 0.29) is 12.1 Å². The number of rotatable bonds is 2. The Labute approximate surface area is 91.3 Å². The van der Waals surface area contributed by atoms with Crippen molar-refractivity contribution < 1.29 is 18.3 Å². The van der Waals surface area contributed by atoms with E-state index in [1.807, 2.05) is 0 Å². The lowest BCUT2D eigenvalue weighted by Crippen LogP contribution is -2.22. The predicted octanol–water partition coefficient (Wildman–Crippen LogP) is 1.67. The normalized spacial score (nSPS) is 21.6. The van der Waals surface area contributed by atoms with E-state index in [1.54, 1.807) is 4.90 Å². The quantitative estimate of drug-likeness (QED) is 0.783. The van der Waals surface area contributed by atoms with Crippen LogP contribution < -0.4 is 0 Å². The number of aliphatic hydroxyl groups is 1. The molecule has 0 saturated carbocycles. The van der Waals surface area contributed by atoms with Crippen molar-refractivity contribution in [1.82, 2.24) is 4.90 Å². The molecule has 1 heterocycles. The molecule has 0 radical (unpaired) electrons. The Morgan fingerprint density at radius 1 is 1.19 bits per heavy atom. The van der Waals surface area contributed by atoms with Crippen LogP contribution in [0.3, 0.4) is 0 Å². The van der Waals surface area contributed by atoms with Gasteiger partial charge in [0.2, 0.25) is 0 Å². The Kier molecular flexibility index (Phi) is 3.16. The van der Waals surface area contributed by atoms with Gasteiger partial charge in [0, 0.05) is 31.3 Å². The molecule has 5 heteroatoms. The molecule has 16 heavy (non-hydrogen) atoms. The van der Waals surface area contributed by atoms with Gasteiger partial charge >= 0.3 is 0 Å². The molecule has 1 aliphatic heterocycles. The standard InChI is InChI=1S/C11H12F3NO/c12-9-4-11(14)10(13)3-7(9)5-15-2-1-8(16)6-15/h3-4,8,16H,1-2,5-6H2/t8-/m1/s1. The first-order valence-electron chi connectivity index (χ1n) is 5.10. The van der Waals surface area contributed by atoms with Crippen LogP contribution in [0.5, 0.6) is 0 Å². The lowest BCUT2D eigenvalue weighted by Gasteiger charge is -2.15. The van der Waals surface area contributed by atoms with Crippen LogP contribution in [0.4, 0.5) is 13.2 Å². The summed E-state index contributed by atoms with van der Waals surface area (Å²) in [5.41, 5.74) is 0.119. The minimum Gasteiger partial charge on any atom is -0.392 e. The molecule has 1 atom stereocenters. The molecule has 1 aromatic rings. The zero-order valence-electron chi connectivity index (χ0n) is 8.59. The molecular formula is C11H12F3NO. The van der Waals surface area contributed by atoms with E-state index in [4.69, 9.17) is 0 Å². The van der Waals surface area contributed by atoms with Gasteiger partial charge in [0.1, 0.15) is 5.82 Å². The second-order valence-corrected chi connectivity index (χ2v) is 4.04. The molecule has 0 aliphatic carbocycles. The van der Waals surface area contributed by atoms with Gasteiger partial charge in [-0.2, -0.15) is 0 Å². The van der Waals surface area contributed by atoms with Crippen molar-refractivity contribution in [3.05, 3.63) is 35.1 Å². The van der Waals surface area contributed by atoms with Gasteiger partial charge in [0.15, 0.2) is 11.6 Å². The zero-order valence-corrected chi connectivity index (χ0v) is 8.59. The molecule has 2 nitrogen and oxygen atoms in total. The number of hydrogen-bond donors (Lipinski definition) is 1. The second-order valence-electron chi connectivity index (χ2n) is 4.04. The molecular weight excluding hydrogens is 219 g/mol. The molecule has 0 unspecified atom stereocenters. The molecule has 0 amide bonds. The molecule has 0 aromatic heterocycles. The van der Waals surface area contributed by atoms with Crippen LogP contribution in [0.2, 0.25) is 0 Å². The molecule has 88 valence electrons. The molecule has 0 spiro atoms. The highest BCUT2D eigenvalue weighted by atomic mass is 19.2. The van der Waals surface area contributed by atoms with Crippen molar-refractivity contribution >= 4 is 0 Å². The van der Waals surface area contributed by atoms with Crippen molar-refractivity contribution in [2.75, 3.05) is 13.1 Å². The highest BCUT2D eigenvalue weighted by molar-refractivity contribution is 5.20. The first-order chi connectivity index (χ1) is 7.56. The number of likely N-dealkylation sites (tertiary alicyclic amines) is 1. The van der Waals surface area contributed by atoms with E-state index in [1.165, 1.54) is 0 Å². The van der Waals surface area contributed by atoms with Crippen molar-refractivity contribution in [1.29, 1.82) is 0 Å². The Hall–Kier alpha value is -1.07. The lowest BCUT2D eigenvalue weighted by molar-refractivity contribution is 0.174. The van der Waals surface area contributed by atoms with E-state index in [0.29, 0.717) is 25.6 Å². The minimum atomic E-state index is -1.18. The Morgan fingerprint density at radius 2 is 1.88 bits per heavy atom. The van der Waals surface area contributed by atoms with Gasteiger partial charge < -0.3 is 5.11 Å². The number of nitrogens with zero attached hydrogens (tertiary/aromatic N) is 1. The zero-order chi connectivity index (χ0) is 11.7. The van der Waals surface area contributed by atoms with Gasteiger partial charge in [-0.05, 0) is 12.5 Å². The maximum absolute atomic E-state index is 13.3. The van der Waals surface area contributed by atoms with Crippen LogP contribution in [-0.4, -0.2) is 29.2 Å². The average molecular weight is 231 g/mol. The number of hydrogen-bond acceptors (Lipinski definition) is 2. The van der Waals surface area contributed by atoms with Crippen molar-refractivity contribution in [2.45, 2.75) is 19.1 Å². The fraction of sp³-hybridized carbons (Fsp3) is 0.455. The fourth-order valence-electron chi connectivity index (χ4n) is 1.88. The highest BCUT2D eigenvalue weighted by Crippen LogP contribution is 2.18. The molecule has 1 saturated heterocycles. The highest BCUT2D eigenvalue weighted by Gasteiger charge is 2.21. The largest absolute Gasteiger partial charge is 0.392 e. The first kappa shape index (κ1) is 11.4. The summed E-state index contributed by atoms with van der Waals surface area (Å²) in [5.74, 6) is -2.97. The fourth-order valence-corrected chi connectivity index (χ4v) is 1.88. The summed E-state index contributed by atoms with van der Waals surface area (Å²) in [6, 6.07) is 1.42. The number of aliphatic hydroxyl groups excluding tert-OH is 1. The van der Waals surface area contributed by atoms with E-state index in [2.05, 4.69) is 0 Å². The number of benzene rings is 1. The summed E-state index contributed by atoms with van der Waals surface area (Å²) in [7, 11) is 0. The van der Waals surface area contributed by atoms with Gasteiger partial charge in [-0.3, -0.25) is 4.90 Å². The van der Waals surface area contributed by atoms with Crippen molar-refractivity contribution in [2.24, 2.45) is 0 Å². The van der Waals surface area contributed by atoms with Gasteiger partial charge in [-0.1, -0.05) is 0 Å². The maximum Gasteiger partial charge on any atom is 0.161 e. The molecule has 1 aromatic carbocycles. The smallest absolute Gasteiger partial charge is 0.161 e. The summed E-state index contributed by atoms with van der Waals surface area (Å²) in [6.07, 6.45) is 0.221. The monoisotopic (exact) mass is 231 g/mol. The topological polar surface area (TPSA) is 23.5 Å². The summed E-state index contributed by atoms with van der Waals surface area (Å²) in [4.78, 5) is 1.81. The Morgan fingerprint density at radius 3 is 2.50 bits per heavy atom. The van der Waals surface area contributed by atoms with E-state index in [9.17, 15) is 18.3 Å². The summed E-state index contributed by atoms with van der Waals surface area (Å²) in [5, 5.41) is 9.28. The maximum atomic E-state index is 13.3. The molecule has 1 aliphatic rings. The molecule has 0 bridgehead atoms.